The summed E-state index contributed by atoms with van der Waals surface area (Å²) in [4.78, 5) is 43.2. The number of aromatic amines is 1. The van der Waals surface area contributed by atoms with Gasteiger partial charge in [0.15, 0.2) is 0 Å². The van der Waals surface area contributed by atoms with Crippen LogP contribution in [-0.4, -0.2) is 33.3 Å². The van der Waals surface area contributed by atoms with Crippen molar-refractivity contribution < 1.29 is 9.59 Å². The molecule has 2 aliphatic rings. The van der Waals surface area contributed by atoms with Crippen molar-refractivity contribution in [1.82, 2.24) is 15.3 Å². The molecule has 3 atom stereocenters. The van der Waals surface area contributed by atoms with Crippen molar-refractivity contribution in [3.8, 4) is 0 Å². The summed E-state index contributed by atoms with van der Waals surface area (Å²) in [6, 6.07) is 0.327. The monoisotopic (exact) mass is 296 g/mol. The van der Waals surface area contributed by atoms with Crippen molar-refractivity contribution in [3.63, 3.8) is 0 Å². The largest absolute Gasteiger partial charge is 0.331 e. The number of halogens is 1. The quantitative estimate of drug-likeness (QED) is 0.742. The Morgan fingerprint density at radius 1 is 1.30 bits per heavy atom. The van der Waals surface area contributed by atoms with Crippen LogP contribution in [0, 0.1) is 5.92 Å². The van der Waals surface area contributed by atoms with Crippen molar-refractivity contribution in [2.75, 3.05) is 4.90 Å². The Labute approximate surface area is 119 Å². The van der Waals surface area contributed by atoms with E-state index in [0.29, 0.717) is 12.8 Å². The molecule has 2 N–H and O–H groups in total. The van der Waals surface area contributed by atoms with Gasteiger partial charge in [-0.25, -0.2) is 9.78 Å². The van der Waals surface area contributed by atoms with Crippen LogP contribution in [0.4, 0.5) is 10.7 Å². The third kappa shape index (κ3) is 2.18. The van der Waals surface area contributed by atoms with E-state index in [4.69, 9.17) is 11.6 Å². The fraction of sp³-hybridized carbons (Fsp3) is 0.500. The zero-order valence-corrected chi connectivity index (χ0v) is 11.3. The standard InChI is InChI=1S/C12H13ClN4O3/c13-6-1-2-7-8(5-6)17(12(20)16-10(7)19)11-14-4-3-9(18)15-11/h3-4,6-8H,1-2,5H2,(H,14,15,18)(H,16,19,20). The average molecular weight is 297 g/mol. The van der Waals surface area contributed by atoms with Crippen molar-refractivity contribution >= 4 is 29.5 Å². The van der Waals surface area contributed by atoms with Gasteiger partial charge in [-0.2, -0.15) is 0 Å². The lowest BCUT2D eigenvalue weighted by molar-refractivity contribution is -0.126. The van der Waals surface area contributed by atoms with Crippen molar-refractivity contribution in [2.24, 2.45) is 5.92 Å². The number of hydrogen-bond donors (Lipinski definition) is 2. The summed E-state index contributed by atoms with van der Waals surface area (Å²) >= 11 is 6.15. The molecule has 1 aromatic heterocycles. The summed E-state index contributed by atoms with van der Waals surface area (Å²) in [6.07, 6.45) is 3.18. The first kappa shape index (κ1) is 13.1. The van der Waals surface area contributed by atoms with Gasteiger partial charge in [0, 0.05) is 17.6 Å². The molecule has 20 heavy (non-hydrogen) atoms. The maximum Gasteiger partial charge on any atom is 0.331 e. The predicted octanol–water partition coefficient (Wildman–Crippen LogP) is 0.602. The van der Waals surface area contributed by atoms with Crippen LogP contribution in [0.15, 0.2) is 17.1 Å². The van der Waals surface area contributed by atoms with Gasteiger partial charge in [0.2, 0.25) is 11.9 Å². The lowest BCUT2D eigenvalue weighted by Crippen LogP contribution is -2.62. The highest BCUT2D eigenvalue weighted by atomic mass is 35.5. The second-order valence-electron chi connectivity index (χ2n) is 5.01. The minimum atomic E-state index is -0.573. The normalized spacial score (nSPS) is 29.9. The molecule has 2 fully saturated rings. The van der Waals surface area contributed by atoms with Gasteiger partial charge in [-0.3, -0.25) is 24.8 Å². The summed E-state index contributed by atoms with van der Waals surface area (Å²) in [7, 11) is 0. The summed E-state index contributed by atoms with van der Waals surface area (Å²) in [5.41, 5.74) is -0.352. The Morgan fingerprint density at radius 2 is 2.10 bits per heavy atom. The number of amides is 3. The maximum atomic E-state index is 12.1. The molecule has 3 amide bonds. The highest BCUT2D eigenvalue weighted by Gasteiger charge is 2.45. The minimum Gasteiger partial charge on any atom is -0.292 e. The van der Waals surface area contributed by atoms with Gasteiger partial charge in [-0.15, -0.1) is 11.6 Å². The van der Waals surface area contributed by atoms with Crippen molar-refractivity contribution in [1.29, 1.82) is 0 Å². The van der Waals surface area contributed by atoms with Crippen molar-refractivity contribution in [3.05, 3.63) is 22.6 Å². The number of anilines is 1. The van der Waals surface area contributed by atoms with E-state index in [0.717, 1.165) is 6.42 Å². The van der Waals surface area contributed by atoms with Crippen LogP contribution >= 0.6 is 11.6 Å². The summed E-state index contributed by atoms with van der Waals surface area (Å²) in [5.74, 6) is -0.449. The van der Waals surface area contributed by atoms with E-state index in [1.807, 2.05) is 0 Å². The van der Waals surface area contributed by atoms with Crippen LogP contribution in [0.5, 0.6) is 0 Å². The molecule has 106 valence electrons. The fourth-order valence-electron chi connectivity index (χ4n) is 2.83. The minimum absolute atomic E-state index is 0.0899. The van der Waals surface area contributed by atoms with E-state index in [9.17, 15) is 14.4 Å². The van der Waals surface area contributed by atoms with Gasteiger partial charge < -0.3 is 0 Å². The molecule has 8 heteroatoms. The number of urea groups is 1. The summed E-state index contributed by atoms with van der Waals surface area (Å²) in [6.45, 7) is 0. The molecule has 3 rings (SSSR count). The molecule has 0 spiro atoms. The number of carbonyl (C=O) groups is 2. The molecule has 1 saturated heterocycles. The number of imide groups is 1. The first-order valence-electron chi connectivity index (χ1n) is 6.39. The number of aromatic nitrogens is 2. The second-order valence-corrected chi connectivity index (χ2v) is 5.62. The van der Waals surface area contributed by atoms with Gasteiger partial charge in [-0.05, 0) is 19.3 Å². The van der Waals surface area contributed by atoms with Crippen LogP contribution in [0.1, 0.15) is 19.3 Å². The maximum absolute atomic E-state index is 12.1. The Bertz CT molecular complexity index is 617. The van der Waals surface area contributed by atoms with E-state index in [-0.39, 0.29) is 34.8 Å². The number of hydrogen-bond acceptors (Lipinski definition) is 4. The Morgan fingerprint density at radius 3 is 2.85 bits per heavy atom. The number of fused-ring (bicyclic) bond motifs is 1. The number of alkyl halides is 1. The van der Waals surface area contributed by atoms with Crippen LogP contribution in [0.2, 0.25) is 0 Å². The van der Waals surface area contributed by atoms with Crippen LogP contribution in [0.25, 0.3) is 0 Å². The first-order chi connectivity index (χ1) is 9.56. The zero-order valence-electron chi connectivity index (χ0n) is 10.5. The first-order valence-corrected chi connectivity index (χ1v) is 6.83. The smallest absolute Gasteiger partial charge is 0.292 e. The topological polar surface area (TPSA) is 95.2 Å². The lowest BCUT2D eigenvalue weighted by Gasteiger charge is -2.42. The third-order valence-corrected chi connectivity index (χ3v) is 4.15. The van der Waals surface area contributed by atoms with E-state index in [1.165, 1.54) is 17.2 Å². The lowest BCUT2D eigenvalue weighted by atomic mass is 9.81. The number of nitrogens with one attached hydrogen (secondary N) is 2. The fourth-order valence-corrected chi connectivity index (χ4v) is 3.14. The van der Waals surface area contributed by atoms with E-state index in [1.54, 1.807) is 0 Å². The Balaban J connectivity index is 2.00. The van der Waals surface area contributed by atoms with E-state index >= 15 is 0 Å². The van der Waals surface area contributed by atoms with Crippen LogP contribution in [-0.2, 0) is 4.79 Å². The van der Waals surface area contributed by atoms with Crippen molar-refractivity contribution in [2.45, 2.75) is 30.7 Å². The second kappa shape index (κ2) is 4.90. The number of carbonyl (C=O) groups excluding carboxylic acids is 2. The number of H-pyrrole nitrogens is 1. The van der Waals surface area contributed by atoms with Crippen LogP contribution < -0.4 is 15.8 Å². The molecule has 7 nitrogen and oxygen atoms in total. The van der Waals surface area contributed by atoms with E-state index < -0.39 is 6.03 Å². The number of nitrogens with zero attached hydrogens (tertiary/aromatic N) is 2. The predicted molar refractivity (Wildman–Crippen MR) is 71.6 cm³/mol. The molecule has 0 bridgehead atoms. The van der Waals surface area contributed by atoms with Gasteiger partial charge in [0.1, 0.15) is 0 Å². The molecule has 1 aromatic rings. The number of rotatable bonds is 1. The molecule has 1 saturated carbocycles. The molecular weight excluding hydrogens is 284 g/mol. The highest BCUT2D eigenvalue weighted by Crippen LogP contribution is 2.35. The Kier molecular flexibility index (Phi) is 3.21. The highest BCUT2D eigenvalue weighted by molar-refractivity contribution is 6.21. The third-order valence-electron chi connectivity index (χ3n) is 3.76. The average Bonchev–Trinajstić information content (AvgIpc) is 2.38. The molecule has 3 unspecified atom stereocenters. The van der Waals surface area contributed by atoms with Crippen LogP contribution in [0.3, 0.4) is 0 Å². The molecule has 0 radical (unpaired) electrons. The Hall–Kier alpha value is -1.89. The van der Waals surface area contributed by atoms with Gasteiger partial charge in [-0.1, -0.05) is 0 Å². The van der Waals surface area contributed by atoms with Gasteiger partial charge in [0.05, 0.1) is 12.0 Å². The molecule has 2 heterocycles. The van der Waals surface area contributed by atoms with E-state index in [2.05, 4.69) is 15.3 Å². The molecule has 1 aliphatic heterocycles. The molecular formula is C12H13ClN4O3. The van der Waals surface area contributed by atoms with Gasteiger partial charge in [0.25, 0.3) is 5.56 Å². The van der Waals surface area contributed by atoms with Gasteiger partial charge >= 0.3 is 6.03 Å². The molecule has 1 aliphatic carbocycles. The summed E-state index contributed by atoms with van der Waals surface area (Å²) < 4.78 is 0. The SMILES string of the molecule is O=C1NC(=O)N(c2nccc(=O)[nH]2)C2CC(Cl)CCC12. The summed E-state index contributed by atoms with van der Waals surface area (Å²) in [5, 5.41) is 2.21. The zero-order chi connectivity index (χ0) is 14.3. The molecule has 0 aromatic carbocycles.